The minimum atomic E-state index is -2.77. The van der Waals surface area contributed by atoms with Crippen molar-refractivity contribution in [2.75, 3.05) is 0 Å². The fraction of sp³-hybridized carbons (Fsp3) is 0. The average Bonchev–Trinajstić information content (AvgIpc) is 3.48. The van der Waals surface area contributed by atoms with E-state index in [1.807, 2.05) is 12.1 Å². The molecule has 0 radical (unpaired) electrons. The van der Waals surface area contributed by atoms with E-state index in [2.05, 4.69) is 180 Å². The summed E-state index contributed by atoms with van der Waals surface area (Å²) in [5.41, 5.74) is 6.58. The van der Waals surface area contributed by atoms with Gasteiger partial charge in [-0.3, -0.25) is 0 Å². The smallest absolute Gasteiger partial charge is 0.179 e. The number of hydrogen-bond acceptors (Lipinski definition) is 1. The highest BCUT2D eigenvalue weighted by Crippen LogP contribution is 2.35. The second kappa shape index (κ2) is 11.5. The van der Waals surface area contributed by atoms with Gasteiger partial charge in [0, 0.05) is 16.3 Å². The molecule has 0 spiro atoms. The lowest BCUT2D eigenvalue weighted by Gasteiger charge is -2.34. The first-order chi connectivity index (χ1) is 22.8. The Hall–Kier alpha value is -5.95. The monoisotopic (exact) mass is 602 g/mol. The van der Waals surface area contributed by atoms with E-state index in [9.17, 15) is 5.26 Å². The molecule has 1 heterocycles. The molecule has 46 heavy (non-hydrogen) atoms. The third-order valence-corrected chi connectivity index (χ3v) is 14.0. The SMILES string of the molecule is N#Cc1cccc([Si](c2ccccc2)(c2ccccc2)c2ccc(-c3ccccc3-n3c4ccccc4c4ccccc43)cc2)c1. The van der Waals surface area contributed by atoms with Gasteiger partial charge in [0.25, 0.3) is 0 Å². The zero-order valence-electron chi connectivity index (χ0n) is 25.2. The van der Waals surface area contributed by atoms with Crippen LogP contribution >= 0.6 is 0 Å². The summed E-state index contributed by atoms with van der Waals surface area (Å²) in [4.78, 5) is 0. The van der Waals surface area contributed by atoms with E-state index in [4.69, 9.17) is 0 Å². The summed E-state index contributed by atoms with van der Waals surface area (Å²) in [6.45, 7) is 0. The average molecular weight is 603 g/mol. The third-order valence-electron chi connectivity index (χ3n) is 9.19. The molecule has 0 amide bonds. The Morgan fingerprint density at radius 3 is 1.54 bits per heavy atom. The fourth-order valence-corrected chi connectivity index (χ4v) is 12.0. The summed E-state index contributed by atoms with van der Waals surface area (Å²) in [5, 5.41) is 17.5. The topological polar surface area (TPSA) is 28.7 Å². The van der Waals surface area contributed by atoms with Crippen molar-refractivity contribution in [2.24, 2.45) is 0 Å². The van der Waals surface area contributed by atoms with Gasteiger partial charge in [-0.1, -0.05) is 152 Å². The molecule has 0 atom stereocenters. The molecule has 0 unspecified atom stereocenters. The maximum atomic E-state index is 9.90. The van der Waals surface area contributed by atoms with E-state index in [0.717, 1.165) is 11.3 Å². The van der Waals surface area contributed by atoms with Crippen LogP contribution in [-0.2, 0) is 0 Å². The Morgan fingerprint density at radius 1 is 0.435 bits per heavy atom. The lowest BCUT2D eigenvalue weighted by atomic mass is 10.0. The van der Waals surface area contributed by atoms with Crippen LogP contribution in [0.2, 0.25) is 0 Å². The molecule has 8 rings (SSSR count). The van der Waals surface area contributed by atoms with Crippen LogP contribution in [0, 0.1) is 11.3 Å². The van der Waals surface area contributed by atoms with Gasteiger partial charge >= 0.3 is 0 Å². The molecular formula is C43H30N2Si. The minimum absolute atomic E-state index is 0.679. The van der Waals surface area contributed by atoms with Crippen molar-refractivity contribution >= 4 is 50.6 Å². The van der Waals surface area contributed by atoms with Crippen molar-refractivity contribution in [1.29, 1.82) is 5.26 Å². The Labute approximate surface area is 270 Å². The number of nitriles is 1. The van der Waals surface area contributed by atoms with E-state index >= 15 is 0 Å². The molecule has 216 valence electrons. The lowest BCUT2D eigenvalue weighted by molar-refractivity contribution is 1.18. The number of benzene rings is 7. The van der Waals surface area contributed by atoms with E-state index in [0.29, 0.717) is 5.56 Å². The molecule has 0 aliphatic rings. The molecule has 0 fully saturated rings. The quantitative estimate of drug-likeness (QED) is 0.142. The fourth-order valence-electron chi connectivity index (χ4n) is 7.19. The number of aromatic nitrogens is 1. The van der Waals surface area contributed by atoms with Crippen molar-refractivity contribution in [3.05, 3.63) is 188 Å². The van der Waals surface area contributed by atoms with E-state index in [-0.39, 0.29) is 0 Å². The molecule has 0 saturated heterocycles. The van der Waals surface area contributed by atoms with Crippen LogP contribution in [0.4, 0.5) is 0 Å². The second-order valence-electron chi connectivity index (χ2n) is 11.6. The highest BCUT2D eigenvalue weighted by molar-refractivity contribution is 7.19. The van der Waals surface area contributed by atoms with E-state index in [1.54, 1.807) is 0 Å². The Morgan fingerprint density at radius 2 is 0.935 bits per heavy atom. The Bertz CT molecular complexity index is 2270. The largest absolute Gasteiger partial charge is 0.309 e. The summed E-state index contributed by atoms with van der Waals surface area (Å²) >= 11 is 0. The van der Waals surface area contributed by atoms with Gasteiger partial charge in [0.15, 0.2) is 8.07 Å². The van der Waals surface area contributed by atoms with Gasteiger partial charge in [-0.25, -0.2) is 0 Å². The Kier molecular flexibility index (Phi) is 6.91. The van der Waals surface area contributed by atoms with Crippen LogP contribution in [0.25, 0.3) is 38.6 Å². The highest BCUT2D eigenvalue weighted by atomic mass is 28.3. The van der Waals surface area contributed by atoms with Gasteiger partial charge in [0.1, 0.15) is 0 Å². The molecule has 2 nitrogen and oxygen atoms in total. The van der Waals surface area contributed by atoms with E-state index < -0.39 is 8.07 Å². The number of nitrogens with zero attached hydrogens (tertiary/aromatic N) is 2. The molecular weight excluding hydrogens is 573 g/mol. The second-order valence-corrected chi connectivity index (χ2v) is 15.4. The number of para-hydroxylation sites is 3. The molecule has 0 saturated carbocycles. The summed E-state index contributed by atoms with van der Waals surface area (Å²) < 4.78 is 2.40. The number of fused-ring (bicyclic) bond motifs is 3. The van der Waals surface area contributed by atoms with Crippen LogP contribution in [0.1, 0.15) is 5.56 Å². The van der Waals surface area contributed by atoms with Crippen LogP contribution in [0.15, 0.2) is 182 Å². The molecule has 0 N–H and O–H groups in total. The van der Waals surface area contributed by atoms with Crippen molar-refractivity contribution in [3.63, 3.8) is 0 Å². The van der Waals surface area contributed by atoms with Crippen molar-refractivity contribution < 1.29 is 0 Å². The minimum Gasteiger partial charge on any atom is -0.309 e. The maximum Gasteiger partial charge on any atom is 0.179 e. The van der Waals surface area contributed by atoms with Crippen LogP contribution < -0.4 is 20.7 Å². The Balaban J connectivity index is 1.35. The highest BCUT2D eigenvalue weighted by Gasteiger charge is 2.41. The van der Waals surface area contributed by atoms with Crippen molar-refractivity contribution in [3.8, 4) is 22.9 Å². The molecule has 8 aromatic rings. The zero-order chi connectivity index (χ0) is 30.9. The molecule has 0 aliphatic carbocycles. The summed E-state index contributed by atoms with van der Waals surface area (Å²) in [5.74, 6) is 0. The maximum absolute atomic E-state index is 9.90. The van der Waals surface area contributed by atoms with Crippen molar-refractivity contribution in [2.45, 2.75) is 0 Å². The predicted molar refractivity (Wildman–Crippen MR) is 195 cm³/mol. The van der Waals surface area contributed by atoms with Gasteiger partial charge in [0.2, 0.25) is 0 Å². The van der Waals surface area contributed by atoms with Crippen molar-refractivity contribution in [1.82, 2.24) is 4.57 Å². The number of rotatable bonds is 6. The summed E-state index contributed by atoms with van der Waals surface area (Å²) in [6.07, 6.45) is 0. The first-order valence-electron chi connectivity index (χ1n) is 15.6. The van der Waals surface area contributed by atoms with Gasteiger partial charge in [0.05, 0.1) is 28.4 Å². The number of hydrogen-bond donors (Lipinski definition) is 0. The molecule has 0 aliphatic heterocycles. The summed E-state index contributed by atoms with van der Waals surface area (Å²) in [6, 6.07) is 67.5. The first kappa shape index (κ1) is 27.6. The third kappa shape index (κ3) is 4.39. The first-order valence-corrected chi connectivity index (χ1v) is 17.6. The molecule has 7 aromatic carbocycles. The molecule has 0 bridgehead atoms. The lowest BCUT2D eigenvalue weighted by Crippen LogP contribution is -2.74. The van der Waals surface area contributed by atoms with Gasteiger partial charge < -0.3 is 4.57 Å². The van der Waals surface area contributed by atoms with Gasteiger partial charge in [-0.15, -0.1) is 0 Å². The molecule has 1 aromatic heterocycles. The van der Waals surface area contributed by atoms with E-state index in [1.165, 1.54) is 48.1 Å². The zero-order valence-corrected chi connectivity index (χ0v) is 26.2. The summed E-state index contributed by atoms with van der Waals surface area (Å²) in [7, 11) is -2.77. The van der Waals surface area contributed by atoms with Crippen LogP contribution in [0.5, 0.6) is 0 Å². The van der Waals surface area contributed by atoms with Crippen LogP contribution in [-0.4, -0.2) is 12.6 Å². The van der Waals surface area contributed by atoms with Gasteiger partial charge in [-0.05, 0) is 56.6 Å². The van der Waals surface area contributed by atoms with Gasteiger partial charge in [-0.2, -0.15) is 5.26 Å². The molecule has 3 heteroatoms. The predicted octanol–water partition coefficient (Wildman–Crippen LogP) is 7.70. The normalized spacial score (nSPS) is 11.5. The standard InChI is InChI=1S/C43H30N2Si/c44-31-32-14-13-19-37(30-32)46(34-15-3-1-4-16-34,35-17-5-2-6-18-35)36-28-26-33(27-29-36)38-20-7-10-23-41(38)45-42-24-11-8-21-39(42)40-22-9-12-25-43(40)45/h1-30H. The van der Waals surface area contributed by atoms with Crippen LogP contribution in [0.3, 0.4) is 0 Å².